The Labute approximate surface area is 101 Å². The molecule has 0 atom stereocenters. The largest absolute Gasteiger partial charge is 0.494 e. The zero-order valence-corrected chi connectivity index (χ0v) is 10.5. The van der Waals surface area contributed by atoms with Crippen LogP contribution in [0.15, 0.2) is 18.2 Å². The van der Waals surface area contributed by atoms with E-state index >= 15 is 0 Å². The van der Waals surface area contributed by atoms with Gasteiger partial charge in [-0.2, -0.15) is 8.42 Å². The van der Waals surface area contributed by atoms with Crippen molar-refractivity contribution >= 4 is 15.8 Å². The van der Waals surface area contributed by atoms with E-state index in [9.17, 15) is 8.42 Å². The van der Waals surface area contributed by atoms with Gasteiger partial charge in [-0.1, -0.05) is 6.92 Å². The van der Waals surface area contributed by atoms with Crippen molar-refractivity contribution in [2.75, 3.05) is 18.1 Å². The van der Waals surface area contributed by atoms with Crippen molar-refractivity contribution in [2.24, 2.45) is 0 Å². The summed E-state index contributed by atoms with van der Waals surface area (Å²) in [4.78, 5) is 0. The standard InChI is InChI=1S/C11H17NO4S/c1-2-9-8-10(4-5-11(9)12)16-6-3-7-17(13,14)15/h4-5,8H,2-3,6-7,12H2,1H3,(H,13,14,15). The lowest BCUT2D eigenvalue weighted by Crippen LogP contribution is -2.08. The van der Waals surface area contributed by atoms with Gasteiger partial charge in [0.25, 0.3) is 10.1 Å². The molecule has 1 aromatic carbocycles. The number of anilines is 1. The van der Waals surface area contributed by atoms with Crippen LogP contribution in [0.25, 0.3) is 0 Å². The summed E-state index contributed by atoms with van der Waals surface area (Å²) in [6, 6.07) is 5.33. The van der Waals surface area contributed by atoms with Crippen molar-refractivity contribution in [2.45, 2.75) is 19.8 Å². The molecule has 0 amide bonds. The summed E-state index contributed by atoms with van der Waals surface area (Å²) in [7, 11) is -3.90. The molecule has 0 aromatic heterocycles. The van der Waals surface area contributed by atoms with Crippen LogP contribution < -0.4 is 10.5 Å². The number of nitrogen functional groups attached to an aromatic ring is 1. The highest BCUT2D eigenvalue weighted by atomic mass is 32.2. The lowest BCUT2D eigenvalue weighted by molar-refractivity contribution is 0.316. The predicted octanol–water partition coefficient (Wildman–Crippen LogP) is 1.49. The molecule has 3 N–H and O–H groups in total. The maximum atomic E-state index is 10.5. The zero-order valence-electron chi connectivity index (χ0n) is 9.72. The number of aryl methyl sites for hydroxylation is 1. The van der Waals surface area contributed by atoms with Crippen molar-refractivity contribution in [1.29, 1.82) is 0 Å². The molecule has 0 unspecified atom stereocenters. The van der Waals surface area contributed by atoms with Gasteiger partial charge in [0.15, 0.2) is 0 Å². The van der Waals surface area contributed by atoms with Crippen molar-refractivity contribution in [1.82, 2.24) is 0 Å². The summed E-state index contributed by atoms with van der Waals surface area (Å²) in [6.07, 6.45) is 1.07. The number of rotatable bonds is 6. The van der Waals surface area contributed by atoms with Crippen LogP contribution in [0, 0.1) is 0 Å². The monoisotopic (exact) mass is 259 g/mol. The Bertz CT molecular complexity index is 470. The second kappa shape index (κ2) is 5.88. The average molecular weight is 259 g/mol. The Morgan fingerprint density at radius 3 is 2.71 bits per heavy atom. The zero-order chi connectivity index (χ0) is 12.9. The molecule has 0 bridgehead atoms. The number of hydrogen-bond acceptors (Lipinski definition) is 4. The number of nitrogens with two attached hydrogens (primary N) is 1. The molecular weight excluding hydrogens is 242 g/mol. The molecule has 0 fully saturated rings. The van der Waals surface area contributed by atoms with Crippen LogP contribution in [0.2, 0.25) is 0 Å². The Balaban J connectivity index is 2.47. The lowest BCUT2D eigenvalue weighted by atomic mass is 10.1. The van der Waals surface area contributed by atoms with Crippen molar-refractivity contribution < 1.29 is 17.7 Å². The van der Waals surface area contributed by atoms with E-state index in [1.165, 1.54) is 0 Å². The van der Waals surface area contributed by atoms with Crippen LogP contribution in [0.1, 0.15) is 18.9 Å². The van der Waals surface area contributed by atoms with Gasteiger partial charge in [0.2, 0.25) is 0 Å². The van der Waals surface area contributed by atoms with E-state index in [-0.39, 0.29) is 18.8 Å². The normalized spacial score (nSPS) is 11.4. The molecular formula is C11H17NO4S. The summed E-state index contributed by atoms with van der Waals surface area (Å²) < 4.78 is 34.8. The van der Waals surface area contributed by atoms with Crippen molar-refractivity contribution in [3.63, 3.8) is 0 Å². The van der Waals surface area contributed by atoms with Gasteiger partial charge in [0, 0.05) is 5.69 Å². The molecule has 1 aromatic rings. The van der Waals surface area contributed by atoms with Gasteiger partial charge in [0.1, 0.15) is 5.75 Å². The maximum Gasteiger partial charge on any atom is 0.264 e. The SMILES string of the molecule is CCc1cc(OCCCS(=O)(=O)O)ccc1N. The Morgan fingerprint density at radius 2 is 2.12 bits per heavy atom. The van der Waals surface area contributed by atoms with Gasteiger partial charge >= 0.3 is 0 Å². The molecule has 5 nitrogen and oxygen atoms in total. The summed E-state index contributed by atoms with van der Waals surface area (Å²) in [5.41, 5.74) is 7.46. The van der Waals surface area contributed by atoms with Crippen molar-refractivity contribution in [3.8, 4) is 5.75 Å². The fraction of sp³-hybridized carbons (Fsp3) is 0.455. The van der Waals surface area contributed by atoms with Gasteiger partial charge in [0.05, 0.1) is 12.4 Å². The number of hydrogen-bond donors (Lipinski definition) is 2. The number of benzene rings is 1. The topological polar surface area (TPSA) is 89.6 Å². The quantitative estimate of drug-likeness (QED) is 0.459. The minimum absolute atomic E-state index is 0.243. The maximum absolute atomic E-state index is 10.5. The Kier molecular flexibility index (Phi) is 4.77. The first-order valence-corrected chi connectivity index (χ1v) is 6.99. The van der Waals surface area contributed by atoms with Crippen LogP contribution in [0.3, 0.4) is 0 Å². The molecule has 6 heteroatoms. The summed E-state index contributed by atoms with van der Waals surface area (Å²) in [6.45, 7) is 2.24. The molecule has 17 heavy (non-hydrogen) atoms. The third kappa shape index (κ3) is 5.06. The van der Waals surface area contributed by atoms with Gasteiger partial charge in [-0.25, -0.2) is 0 Å². The summed E-state index contributed by atoms with van der Waals surface area (Å²) >= 11 is 0. The van der Waals surface area contributed by atoms with E-state index in [0.717, 1.165) is 17.7 Å². The fourth-order valence-electron chi connectivity index (χ4n) is 1.41. The molecule has 1 rings (SSSR count). The van der Waals surface area contributed by atoms with Crippen LogP contribution in [0.5, 0.6) is 5.75 Å². The van der Waals surface area contributed by atoms with Gasteiger partial charge in [-0.3, -0.25) is 4.55 Å². The molecule has 96 valence electrons. The molecule has 0 saturated heterocycles. The van der Waals surface area contributed by atoms with Gasteiger partial charge in [-0.15, -0.1) is 0 Å². The third-order valence-corrected chi connectivity index (χ3v) is 3.12. The molecule has 0 spiro atoms. The van der Waals surface area contributed by atoms with Crippen LogP contribution >= 0.6 is 0 Å². The van der Waals surface area contributed by atoms with Gasteiger partial charge < -0.3 is 10.5 Å². The second-order valence-electron chi connectivity index (χ2n) is 3.70. The van der Waals surface area contributed by atoms with E-state index in [0.29, 0.717) is 5.75 Å². The van der Waals surface area contributed by atoms with E-state index in [2.05, 4.69) is 0 Å². The first-order valence-electron chi connectivity index (χ1n) is 5.38. The molecule has 0 heterocycles. The fourth-order valence-corrected chi connectivity index (χ4v) is 1.89. The first-order chi connectivity index (χ1) is 7.92. The lowest BCUT2D eigenvalue weighted by Gasteiger charge is -2.08. The Morgan fingerprint density at radius 1 is 1.41 bits per heavy atom. The van der Waals surface area contributed by atoms with Gasteiger partial charge in [-0.05, 0) is 36.6 Å². The van der Waals surface area contributed by atoms with Crippen LogP contribution in [-0.2, 0) is 16.5 Å². The third-order valence-electron chi connectivity index (χ3n) is 2.31. The highest BCUT2D eigenvalue weighted by Gasteiger charge is 2.04. The molecule has 0 aliphatic heterocycles. The minimum atomic E-state index is -3.90. The highest BCUT2D eigenvalue weighted by molar-refractivity contribution is 7.85. The average Bonchev–Trinajstić information content (AvgIpc) is 2.25. The summed E-state index contributed by atoms with van der Waals surface area (Å²) in [5.74, 6) is 0.370. The van der Waals surface area contributed by atoms with E-state index in [1.807, 2.05) is 13.0 Å². The predicted molar refractivity (Wildman–Crippen MR) is 66.8 cm³/mol. The van der Waals surface area contributed by atoms with E-state index in [1.54, 1.807) is 12.1 Å². The first kappa shape index (κ1) is 13.8. The minimum Gasteiger partial charge on any atom is -0.494 e. The smallest absolute Gasteiger partial charge is 0.264 e. The van der Waals surface area contributed by atoms with E-state index in [4.69, 9.17) is 15.0 Å². The van der Waals surface area contributed by atoms with E-state index < -0.39 is 10.1 Å². The molecule has 0 aliphatic carbocycles. The second-order valence-corrected chi connectivity index (χ2v) is 5.27. The highest BCUT2D eigenvalue weighted by Crippen LogP contribution is 2.20. The molecule has 0 radical (unpaired) electrons. The van der Waals surface area contributed by atoms with Crippen LogP contribution in [0.4, 0.5) is 5.69 Å². The Hall–Kier alpha value is -1.27. The molecule has 0 saturated carbocycles. The summed E-state index contributed by atoms with van der Waals surface area (Å²) in [5, 5.41) is 0. The van der Waals surface area contributed by atoms with Crippen molar-refractivity contribution in [3.05, 3.63) is 23.8 Å². The number of ether oxygens (including phenoxy) is 1. The molecule has 0 aliphatic rings. The van der Waals surface area contributed by atoms with Crippen LogP contribution in [-0.4, -0.2) is 25.3 Å².